The van der Waals surface area contributed by atoms with E-state index in [4.69, 9.17) is 10.2 Å². The number of nitrogen functional groups attached to an aromatic ring is 1. The highest BCUT2D eigenvalue weighted by atomic mass is 32.2. The lowest BCUT2D eigenvalue weighted by atomic mass is 10.2. The van der Waals surface area contributed by atoms with Gasteiger partial charge in [0.15, 0.2) is 5.75 Å². The van der Waals surface area contributed by atoms with Crippen molar-refractivity contribution in [2.45, 2.75) is 37.1 Å². The number of para-hydroxylation sites is 1. The summed E-state index contributed by atoms with van der Waals surface area (Å²) in [6.45, 7) is 6.28. The van der Waals surface area contributed by atoms with Crippen LogP contribution in [-0.4, -0.2) is 9.67 Å². The highest BCUT2D eigenvalue weighted by Gasteiger charge is 2.21. The zero-order chi connectivity index (χ0) is 19.0. The first-order valence-corrected chi connectivity index (χ1v) is 9.03. The summed E-state index contributed by atoms with van der Waals surface area (Å²) in [6, 6.07) is 8.58. The van der Waals surface area contributed by atoms with Crippen LogP contribution in [0.3, 0.4) is 0 Å². The van der Waals surface area contributed by atoms with Gasteiger partial charge in [-0.15, -0.1) is 0 Å². The Morgan fingerprint density at radius 1 is 1.27 bits per heavy atom. The molecule has 0 aliphatic rings. The summed E-state index contributed by atoms with van der Waals surface area (Å²) in [5.74, 6) is -0.119. The molecule has 7 heteroatoms. The van der Waals surface area contributed by atoms with Crippen LogP contribution in [0, 0.1) is 12.8 Å². The smallest absolute Gasteiger partial charge is 0.354 e. The lowest BCUT2D eigenvalue weighted by molar-refractivity contribution is 0.443. The Balaban J connectivity index is 2.25. The van der Waals surface area contributed by atoms with Gasteiger partial charge in [0.05, 0.1) is 0 Å². The Labute approximate surface area is 154 Å². The lowest BCUT2D eigenvalue weighted by Gasteiger charge is -2.14. The Kier molecular flexibility index (Phi) is 4.82. The number of anilines is 1. The van der Waals surface area contributed by atoms with Gasteiger partial charge in [0, 0.05) is 28.9 Å². The van der Waals surface area contributed by atoms with Crippen LogP contribution in [-0.2, 0) is 6.54 Å². The fourth-order valence-corrected chi connectivity index (χ4v) is 3.64. The summed E-state index contributed by atoms with van der Waals surface area (Å²) in [5.41, 5.74) is 6.05. The Bertz CT molecular complexity index is 1100. The molecule has 0 radical (unpaired) electrons. The molecule has 0 bridgehead atoms. The third-order valence-electron chi connectivity index (χ3n) is 3.99. The van der Waals surface area contributed by atoms with Crippen LogP contribution < -0.4 is 16.9 Å². The van der Waals surface area contributed by atoms with E-state index < -0.39 is 5.63 Å². The van der Waals surface area contributed by atoms with E-state index in [1.165, 1.54) is 0 Å². The molecule has 3 aromatic rings. The summed E-state index contributed by atoms with van der Waals surface area (Å²) in [5, 5.41) is 10.7. The molecular weight excluding hydrogens is 352 g/mol. The predicted molar refractivity (Wildman–Crippen MR) is 103 cm³/mol. The molecule has 0 saturated heterocycles. The maximum Gasteiger partial charge on any atom is 0.354 e. The third kappa shape index (κ3) is 3.22. The van der Waals surface area contributed by atoms with Crippen molar-refractivity contribution in [2.75, 3.05) is 5.73 Å². The maximum absolute atomic E-state index is 12.9. The molecule has 2 aromatic heterocycles. The van der Waals surface area contributed by atoms with Crippen LogP contribution in [0.5, 0.6) is 5.75 Å². The Morgan fingerprint density at radius 3 is 2.62 bits per heavy atom. The lowest BCUT2D eigenvalue weighted by Crippen LogP contribution is -2.25. The first-order chi connectivity index (χ1) is 12.3. The van der Waals surface area contributed by atoms with Crippen LogP contribution in [0.25, 0.3) is 11.0 Å². The van der Waals surface area contributed by atoms with E-state index in [0.29, 0.717) is 22.8 Å². The summed E-state index contributed by atoms with van der Waals surface area (Å²) in [7, 11) is 0. The molecule has 6 nitrogen and oxygen atoms in total. The molecular formula is C19H20N2O4S. The number of aromatic hydroxyl groups is 1. The van der Waals surface area contributed by atoms with Crippen molar-refractivity contribution in [1.82, 2.24) is 4.57 Å². The van der Waals surface area contributed by atoms with Gasteiger partial charge in [-0.3, -0.25) is 4.79 Å². The number of nitrogens with two attached hydrogens (primary N) is 1. The van der Waals surface area contributed by atoms with E-state index in [1.807, 2.05) is 13.8 Å². The van der Waals surface area contributed by atoms with Gasteiger partial charge in [0.1, 0.15) is 15.9 Å². The molecule has 26 heavy (non-hydrogen) atoms. The van der Waals surface area contributed by atoms with Crippen molar-refractivity contribution >= 4 is 28.4 Å². The van der Waals surface area contributed by atoms with E-state index in [2.05, 4.69) is 0 Å². The standard InChI is InChI=1S/C19H20N2O4S/c1-10(2)9-21-11(3)8-13-15(18(21)23)16(22)17(19(24)25-13)26-14-7-5-4-6-12(14)20/h4-8,10,22H,9,20H2,1-3H3. The zero-order valence-corrected chi connectivity index (χ0v) is 15.6. The zero-order valence-electron chi connectivity index (χ0n) is 14.8. The first-order valence-electron chi connectivity index (χ1n) is 8.22. The molecule has 0 atom stereocenters. The Morgan fingerprint density at radius 2 is 1.96 bits per heavy atom. The molecule has 1 aromatic carbocycles. The third-order valence-corrected chi connectivity index (χ3v) is 5.15. The number of nitrogens with zero attached hydrogens (tertiary/aromatic N) is 1. The normalized spacial score (nSPS) is 11.4. The van der Waals surface area contributed by atoms with Gasteiger partial charge in [0.2, 0.25) is 0 Å². The topological polar surface area (TPSA) is 98.5 Å². The molecule has 0 aliphatic carbocycles. The summed E-state index contributed by atoms with van der Waals surface area (Å²) >= 11 is 0.986. The predicted octanol–water partition coefficient (Wildman–Crippen LogP) is 3.36. The minimum atomic E-state index is -0.705. The summed E-state index contributed by atoms with van der Waals surface area (Å²) in [6.07, 6.45) is 0. The molecule has 3 N–H and O–H groups in total. The van der Waals surface area contributed by atoms with Crippen LogP contribution in [0.1, 0.15) is 19.5 Å². The molecule has 0 amide bonds. The van der Waals surface area contributed by atoms with Crippen molar-refractivity contribution < 1.29 is 9.52 Å². The second-order valence-electron chi connectivity index (χ2n) is 6.54. The van der Waals surface area contributed by atoms with Crippen LogP contribution in [0.15, 0.2) is 54.1 Å². The number of aryl methyl sites for hydroxylation is 1. The molecule has 0 unspecified atom stereocenters. The minimum Gasteiger partial charge on any atom is -0.505 e. The van der Waals surface area contributed by atoms with E-state index >= 15 is 0 Å². The van der Waals surface area contributed by atoms with Crippen molar-refractivity contribution in [3.8, 4) is 5.75 Å². The van der Waals surface area contributed by atoms with Gasteiger partial charge in [0.25, 0.3) is 5.56 Å². The quantitative estimate of drug-likeness (QED) is 0.682. The van der Waals surface area contributed by atoms with Gasteiger partial charge in [-0.1, -0.05) is 37.7 Å². The minimum absolute atomic E-state index is 0.00727. The van der Waals surface area contributed by atoms with Crippen molar-refractivity contribution in [2.24, 2.45) is 5.92 Å². The average molecular weight is 372 g/mol. The fraction of sp³-hybridized carbons (Fsp3) is 0.263. The highest BCUT2D eigenvalue weighted by Crippen LogP contribution is 2.37. The molecule has 0 spiro atoms. The fourth-order valence-electron chi connectivity index (χ4n) is 2.76. The molecule has 136 valence electrons. The van der Waals surface area contributed by atoms with Crippen molar-refractivity contribution in [3.05, 3.63) is 56.8 Å². The van der Waals surface area contributed by atoms with E-state index in [-0.39, 0.29) is 33.1 Å². The number of aromatic nitrogens is 1. The van der Waals surface area contributed by atoms with Crippen LogP contribution >= 0.6 is 11.8 Å². The van der Waals surface area contributed by atoms with E-state index in [0.717, 1.165) is 11.8 Å². The van der Waals surface area contributed by atoms with Gasteiger partial charge >= 0.3 is 5.63 Å². The summed E-state index contributed by atoms with van der Waals surface area (Å²) < 4.78 is 6.90. The van der Waals surface area contributed by atoms with Gasteiger partial charge in [-0.25, -0.2) is 4.79 Å². The number of rotatable bonds is 4. The second-order valence-corrected chi connectivity index (χ2v) is 7.59. The molecule has 0 aliphatic heterocycles. The SMILES string of the molecule is Cc1cc2oc(=O)c(Sc3ccccc3N)c(O)c2c(=O)n1CC(C)C. The number of hydrogen-bond donors (Lipinski definition) is 2. The molecule has 0 fully saturated rings. The number of fused-ring (bicyclic) bond motifs is 1. The first kappa shape index (κ1) is 18.1. The molecule has 2 heterocycles. The van der Waals surface area contributed by atoms with Crippen molar-refractivity contribution in [3.63, 3.8) is 0 Å². The van der Waals surface area contributed by atoms with Gasteiger partial charge < -0.3 is 19.8 Å². The molecule has 3 rings (SSSR count). The van der Waals surface area contributed by atoms with Gasteiger partial charge in [-0.05, 0) is 25.0 Å². The van der Waals surface area contributed by atoms with Crippen LogP contribution in [0.4, 0.5) is 5.69 Å². The highest BCUT2D eigenvalue weighted by molar-refractivity contribution is 7.99. The summed E-state index contributed by atoms with van der Waals surface area (Å²) in [4.78, 5) is 25.8. The number of benzene rings is 1. The average Bonchev–Trinajstić information content (AvgIpc) is 2.56. The van der Waals surface area contributed by atoms with Gasteiger partial charge in [-0.2, -0.15) is 0 Å². The van der Waals surface area contributed by atoms with Crippen molar-refractivity contribution in [1.29, 1.82) is 0 Å². The maximum atomic E-state index is 12.9. The molecule has 0 saturated carbocycles. The van der Waals surface area contributed by atoms with E-state index in [1.54, 1.807) is 41.8 Å². The monoisotopic (exact) mass is 372 g/mol. The Hall–Kier alpha value is -2.67. The van der Waals surface area contributed by atoms with Crippen LogP contribution in [0.2, 0.25) is 0 Å². The number of pyridine rings is 1. The van der Waals surface area contributed by atoms with E-state index in [9.17, 15) is 14.7 Å². The largest absolute Gasteiger partial charge is 0.505 e. The second kappa shape index (κ2) is 6.92. The number of hydrogen-bond acceptors (Lipinski definition) is 6.